The Balaban J connectivity index is 1.72. The van der Waals surface area contributed by atoms with E-state index in [-0.39, 0.29) is 11.2 Å². The van der Waals surface area contributed by atoms with Crippen LogP contribution in [0.3, 0.4) is 0 Å². The highest BCUT2D eigenvalue weighted by Crippen LogP contribution is 2.32. The van der Waals surface area contributed by atoms with E-state index in [1.54, 1.807) is 4.72 Å². The van der Waals surface area contributed by atoms with Crippen LogP contribution < -0.4 is 10.5 Å². The van der Waals surface area contributed by atoms with Crippen molar-refractivity contribution in [1.29, 1.82) is 0 Å². The zero-order chi connectivity index (χ0) is 24.8. The summed E-state index contributed by atoms with van der Waals surface area (Å²) >= 11 is 0. The second kappa shape index (κ2) is 8.54. The van der Waals surface area contributed by atoms with Crippen molar-refractivity contribution in [2.45, 2.75) is 29.7 Å². The molecular formula is C17H17N7O9S. The van der Waals surface area contributed by atoms with Crippen molar-refractivity contribution in [2.24, 2.45) is 0 Å². The zero-order valence-electron chi connectivity index (χ0n) is 16.9. The number of imidazole rings is 1. The molecule has 4 atom stereocenters. The first-order valence-corrected chi connectivity index (χ1v) is 11.0. The van der Waals surface area contributed by atoms with Crippen LogP contribution in [0.25, 0.3) is 11.2 Å². The molecule has 16 nitrogen and oxygen atoms in total. The fourth-order valence-electron chi connectivity index (χ4n) is 3.38. The van der Waals surface area contributed by atoms with Crippen molar-refractivity contribution in [3.05, 3.63) is 46.3 Å². The fourth-order valence-corrected chi connectivity index (χ4v) is 4.25. The number of amides is 1. The second-order valence-electron chi connectivity index (χ2n) is 7.15. The molecule has 4 rings (SSSR count). The molecule has 1 aliphatic rings. The van der Waals surface area contributed by atoms with Crippen LogP contribution in [0, 0.1) is 10.1 Å². The number of hydrogen-bond donors (Lipinski definition) is 5. The standard InChI is InChI=1S/C17H17N7O9S/c18-13-10-14(23(6-19-10)16-12(27)11(26)9(5-25)33-16)21-17(20-13)34(31,32)22-15(28)7-3-1-2-4-8(7)24(29)30/h1-4,6,9,11-12,16,25-27H,5H2,(H,22,28)(H2,18,20,21)/t9-,11?,12?,16-/m1/s1. The van der Waals surface area contributed by atoms with Gasteiger partial charge >= 0.3 is 0 Å². The molecule has 1 amide bonds. The highest BCUT2D eigenvalue weighted by Gasteiger charge is 2.44. The number of sulfonamides is 1. The first-order chi connectivity index (χ1) is 16.0. The Morgan fingerprint density at radius 1 is 1.26 bits per heavy atom. The summed E-state index contributed by atoms with van der Waals surface area (Å²) in [4.78, 5) is 34.2. The summed E-state index contributed by atoms with van der Waals surface area (Å²) in [7, 11) is -4.78. The molecule has 6 N–H and O–H groups in total. The zero-order valence-corrected chi connectivity index (χ0v) is 17.7. The lowest BCUT2D eigenvalue weighted by molar-refractivity contribution is -0.385. The maximum atomic E-state index is 12.8. The summed E-state index contributed by atoms with van der Waals surface area (Å²) in [5, 5.41) is 39.7. The van der Waals surface area contributed by atoms with Crippen LogP contribution in [0.5, 0.6) is 0 Å². The van der Waals surface area contributed by atoms with E-state index >= 15 is 0 Å². The number of anilines is 1. The van der Waals surface area contributed by atoms with Crippen LogP contribution in [-0.2, 0) is 14.8 Å². The normalized spacial score (nSPS) is 22.7. The Hall–Kier alpha value is -3.77. The van der Waals surface area contributed by atoms with Gasteiger partial charge in [0.2, 0.25) is 0 Å². The van der Waals surface area contributed by atoms with Crippen molar-refractivity contribution >= 4 is 38.6 Å². The summed E-state index contributed by atoms with van der Waals surface area (Å²) in [6, 6.07) is 4.72. The summed E-state index contributed by atoms with van der Waals surface area (Å²) in [5.41, 5.74) is 4.38. The number of aliphatic hydroxyl groups is 3. The maximum absolute atomic E-state index is 12.8. The molecule has 2 aromatic heterocycles. The minimum Gasteiger partial charge on any atom is -0.394 e. The Morgan fingerprint density at radius 3 is 2.62 bits per heavy atom. The summed E-state index contributed by atoms with van der Waals surface area (Å²) in [6.45, 7) is -0.601. The maximum Gasteiger partial charge on any atom is 0.300 e. The third kappa shape index (κ3) is 3.90. The third-order valence-electron chi connectivity index (χ3n) is 5.03. The van der Waals surface area contributed by atoms with E-state index in [2.05, 4.69) is 15.0 Å². The van der Waals surface area contributed by atoms with Gasteiger partial charge in [-0.2, -0.15) is 18.4 Å². The van der Waals surface area contributed by atoms with Crippen LogP contribution in [-0.4, -0.2) is 79.0 Å². The number of para-hydroxylation sites is 1. The lowest BCUT2D eigenvalue weighted by Crippen LogP contribution is -2.33. The number of nitrogens with two attached hydrogens (primary N) is 1. The van der Waals surface area contributed by atoms with E-state index < -0.39 is 74.2 Å². The summed E-state index contributed by atoms with van der Waals surface area (Å²) in [6.07, 6.45) is -4.29. The largest absolute Gasteiger partial charge is 0.394 e. The van der Waals surface area contributed by atoms with Crippen LogP contribution >= 0.6 is 0 Å². The number of nitrogen functional groups attached to an aromatic ring is 1. The van der Waals surface area contributed by atoms with Crippen LogP contribution in [0.2, 0.25) is 0 Å². The average molecular weight is 495 g/mol. The quantitative estimate of drug-likeness (QED) is 0.142. The number of carbonyl (C=O) groups is 1. The monoisotopic (exact) mass is 495 g/mol. The molecule has 1 fully saturated rings. The smallest absolute Gasteiger partial charge is 0.300 e. The number of nitro benzene ring substituents is 1. The molecule has 0 radical (unpaired) electrons. The number of fused-ring (bicyclic) bond motifs is 1. The Labute approximate surface area is 189 Å². The number of carbonyl (C=O) groups excluding carboxylic acids is 1. The van der Waals surface area contributed by atoms with E-state index in [1.807, 2.05) is 0 Å². The van der Waals surface area contributed by atoms with E-state index in [9.17, 15) is 38.6 Å². The van der Waals surface area contributed by atoms with Gasteiger partial charge in [-0.15, -0.1) is 0 Å². The van der Waals surface area contributed by atoms with Crippen molar-refractivity contribution < 1.29 is 38.2 Å². The Kier molecular flexibility index (Phi) is 5.87. The van der Waals surface area contributed by atoms with Gasteiger partial charge in [0.15, 0.2) is 17.7 Å². The van der Waals surface area contributed by atoms with Crippen molar-refractivity contribution in [2.75, 3.05) is 12.3 Å². The molecular weight excluding hydrogens is 478 g/mol. The molecule has 0 saturated carbocycles. The van der Waals surface area contributed by atoms with E-state index in [4.69, 9.17) is 10.5 Å². The topological polar surface area (TPSA) is 246 Å². The summed E-state index contributed by atoms with van der Waals surface area (Å²) in [5.74, 6) is -1.69. The highest BCUT2D eigenvalue weighted by molar-refractivity contribution is 7.89. The molecule has 34 heavy (non-hydrogen) atoms. The first-order valence-electron chi connectivity index (χ1n) is 9.48. The van der Waals surface area contributed by atoms with Gasteiger partial charge in [0.25, 0.3) is 26.8 Å². The Bertz CT molecular complexity index is 1390. The predicted molar refractivity (Wildman–Crippen MR) is 110 cm³/mol. The van der Waals surface area contributed by atoms with Gasteiger partial charge in [-0.3, -0.25) is 19.5 Å². The predicted octanol–water partition coefficient (Wildman–Crippen LogP) is -1.95. The van der Waals surface area contributed by atoms with Gasteiger partial charge in [-0.1, -0.05) is 12.1 Å². The molecule has 180 valence electrons. The lowest BCUT2D eigenvalue weighted by Gasteiger charge is -2.16. The van der Waals surface area contributed by atoms with Gasteiger partial charge in [0.05, 0.1) is 17.9 Å². The van der Waals surface area contributed by atoms with E-state index in [0.717, 1.165) is 23.0 Å². The molecule has 1 aliphatic heterocycles. The van der Waals surface area contributed by atoms with E-state index in [1.165, 1.54) is 12.1 Å². The van der Waals surface area contributed by atoms with Crippen LogP contribution in [0.1, 0.15) is 16.6 Å². The molecule has 2 unspecified atom stereocenters. The number of aliphatic hydroxyl groups excluding tert-OH is 3. The number of ether oxygens (including phenoxy) is 1. The number of nitrogens with zero attached hydrogens (tertiary/aromatic N) is 5. The molecule has 17 heteroatoms. The number of nitrogens with one attached hydrogen (secondary N) is 1. The molecule has 1 aromatic carbocycles. The van der Waals surface area contributed by atoms with Gasteiger partial charge in [0, 0.05) is 6.07 Å². The SMILES string of the molecule is Nc1nc(S(=O)(=O)NC(=O)c2ccccc2[N+](=O)[O-])nc2c1ncn2[C@@H]1O[C@H](CO)C(O)C1O. The van der Waals surface area contributed by atoms with Crippen LogP contribution in [0.15, 0.2) is 35.7 Å². The molecule has 0 aliphatic carbocycles. The molecule has 3 heterocycles. The number of nitro groups is 1. The second-order valence-corrected chi connectivity index (χ2v) is 8.73. The minimum atomic E-state index is -4.78. The fraction of sp³-hybridized carbons (Fsp3) is 0.294. The van der Waals surface area contributed by atoms with Gasteiger partial charge in [-0.05, 0) is 6.07 Å². The number of rotatable bonds is 6. The molecule has 0 spiro atoms. The third-order valence-corrected chi connectivity index (χ3v) is 6.15. The lowest BCUT2D eigenvalue weighted by atomic mass is 10.1. The highest BCUT2D eigenvalue weighted by atomic mass is 32.2. The van der Waals surface area contributed by atoms with Gasteiger partial charge in [0.1, 0.15) is 29.4 Å². The average Bonchev–Trinajstić information content (AvgIpc) is 3.34. The first kappa shape index (κ1) is 23.4. The van der Waals surface area contributed by atoms with Crippen LogP contribution in [0.4, 0.5) is 11.5 Å². The van der Waals surface area contributed by atoms with Crippen molar-refractivity contribution in [3.63, 3.8) is 0 Å². The van der Waals surface area contributed by atoms with Crippen molar-refractivity contribution in [3.8, 4) is 0 Å². The van der Waals surface area contributed by atoms with Crippen molar-refractivity contribution in [1.82, 2.24) is 24.2 Å². The number of hydrogen-bond acceptors (Lipinski definition) is 13. The molecule has 3 aromatic rings. The molecule has 1 saturated heterocycles. The number of benzene rings is 1. The van der Waals surface area contributed by atoms with Gasteiger partial charge in [-0.25, -0.2) is 9.71 Å². The number of aromatic nitrogens is 4. The van der Waals surface area contributed by atoms with Gasteiger partial charge < -0.3 is 25.8 Å². The minimum absolute atomic E-state index is 0.0679. The van der Waals surface area contributed by atoms with E-state index in [0.29, 0.717) is 0 Å². The summed E-state index contributed by atoms with van der Waals surface area (Å²) < 4.78 is 33.7. The Morgan fingerprint density at radius 2 is 1.97 bits per heavy atom. The molecule has 0 bridgehead atoms.